The van der Waals surface area contributed by atoms with Crippen LogP contribution in [0.1, 0.15) is 21.9 Å². The molecule has 0 fully saturated rings. The van der Waals surface area contributed by atoms with Crippen LogP contribution in [-0.2, 0) is 6.54 Å². The van der Waals surface area contributed by atoms with Crippen LogP contribution in [0.3, 0.4) is 0 Å². The molecular formula is C13H12BrN3O. The first-order valence-corrected chi connectivity index (χ1v) is 6.27. The van der Waals surface area contributed by atoms with E-state index in [2.05, 4.69) is 31.2 Å². The molecule has 1 amide bonds. The molecule has 92 valence electrons. The summed E-state index contributed by atoms with van der Waals surface area (Å²) >= 11 is 3.27. The maximum Gasteiger partial charge on any atom is 0.270 e. The summed E-state index contributed by atoms with van der Waals surface area (Å²) in [5.41, 5.74) is 2.16. The Kier molecular flexibility index (Phi) is 4.04. The van der Waals surface area contributed by atoms with E-state index in [9.17, 15) is 4.79 Å². The zero-order valence-corrected chi connectivity index (χ0v) is 11.4. The molecule has 0 aliphatic carbocycles. The standard InChI is InChI=1S/C13H12BrN3O/c1-9-3-2-4-11(17-9)8-16-13(18)12-6-5-10(14)7-15-12/h2-7H,8H2,1H3,(H,16,18). The van der Waals surface area contributed by atoms with Gasteiger partial charge < -0.3 is 5.32 Å². The summed E-state index contributed by atoms with van der Waals surface area (Å²) in [4.78, 5) is 20.1. The van der Waals surface area contributed by atoms with E-state index in [1.165, 1.54) is 0 Å². The highest BCUT2D eigenvalue weighted by Gasteiger charge is 2.06. The van der Waals surface area contributed by atoms with Gasteiger partial charge in [0.2, 0.25) is 0 Å². The Morgan fingerprint density at radius 3 is 2.83 bits per heavy atom. The zero-order chi connectivity index (χ0) is 13.0. The number of rotatable bonds is 3. The second-order valence-corrected chi connectivity index (χ2v) is 4.73. The molecule has 5 heteroatoms. The van der Waals surface area contributed by atoms with E-state index < -0.39 is 0 Å². The van der Waals surface area contributed by atoms with E-state index in [4.69, 9.17) is 0 Å². The van der Waals surface area contributed by atoms with Gasteiger partial charge in [0.25, 0.3) is 5.91 Å². The second kappa shape index (κ2) is 5.73. The van der Waals surface area contributed by atoms with Gasteiger partial charge in [0, 0.05) is 16.4 Å². The second-order valence-electron chi connectivity index (χ2n) is 3.81. The van der Waals surface area contributed by atoms with Crippen LogP contribution in [-0.4, -0.2) is 15.9 Å². The van der Waals surface area contributed by atoms with E-state index in [1.807, 2.05) is 25.1 Å². The highest BCUT2D eigenvalue weighted by molar-refractivity contribution is 9.10. The fraction of sp³-hybridized carbons (Fsp3) is 0.154. The summed E-state index contributed by atoms with van der Waals surface area (Å²) in [7, 11) is 0. The summed E-state index contributed by atoms with van der Waals surface area (Å²) in [6.45, 7) is 2.32. The van der Waals surface area contributed by atoms with Gasteiger partial charge in [0.05, 0.1) is 12.2 Å². The molecule has 2 heterocycles. The van der Waals surface area contributed by atoms with Crippen molar-refractivity contribution in [3.8, 4) is 0 Å². The molecule has 0 saturated heterocycles. The average molecular weight is 306 g/mol. The predicted molar refractivity (Wildman–Crippen MR) is 72.1 cm³/mol. The molecule has 2 aromatic heterocycles. The third-order valence-electron chi connectivity index (χ3n) is 2.34. The molecule has 0 unspecified atom stereocenters. The van der Waals surface area contributed by atoms with Crippen molar-refractivity contribution in [1.29, 1.82) is 0 Å². The summed E-state index contributed by atoms with van der Waals surface area (Å²) in [5.74, 6) is -0.203. The van der Waals surface area contributed by atoms with E-state index in [-0.39, 0.29) is 5.91 Å². The lowest BCUT2D eigenvalue weighted by Gasteiger charge is -2.05. The topological polar surface area (TPSA) is 54.9 Å². The normalized spacial score (nSPS) is 10.1. The van der Waals surface area contributed by atoms with E-state index in [0.29, 0.717) is 12.2 Å². The van der Waals surface area contributed by atoms with Crippen molar-refractivity contribution in [2.45, 2.75) is 13.5 Å². The average Bonchev–Trinajstić information content (AvgIpc) is 2.37. The third-order valence-corrected chi connectivity index (χ3v) is 2.81. The molecule has 0 bridgehead atoms. The minimum Gasteiger partial charge on any atom is -0.345 e. The highest BCUT2D eigenvalue weighted by atomic mass is 79.9. The molecule has 0 atom stereocenters. The van der Waals surface area contributed by atoms with Crippen LogP contribution in [0.25, 0.3) is 0 Å². The fourth-order valence-corrected chi connectivity index (χ4v) is 1.70. The number of pyridine rings is 2. The molecular weight excluding hydrogens is 294 g/mol. The molecule has 1 N–H and O–H groups in total. The minimum atomic E-state index is -0.203. The first-order valence-electron chi connectivity index (χ1n) is 5.47. The largest absolute Gasteiger partial charge is 0.345 e. The molecule has 0 aromatic carbocycles. The molecule has 0 aliphatic heterocycles. The van der Waals surface area contributed by atoms with Crippen LogP contribution < -0.4 is 5.32 Å². The van der Waals surface area contributed by atoms with Crippen LogP contribution >= 0.6 is 15.9 Å². The van der Waals surface area contributed by atoms with Gasteiger partial charge in [-0.1, -0.05) is 6.07 Å². The van der Waals surface area contributed by atoms with Gasteiger partial charge in [-0.3, -0.25) is 9.78 Å². The van der Waals surface area contributed by atoms with Crippen LogP contribution in [0.5, 0.6) is 0 Å². The lowest BCUT2D eigenvalue weighted by atomic mass is 10.3. The smallest absolute Gasteiger partial charge is 0.270 e. The highest BCUT2D eigenvalue weighted by Crippen LogP contribution is 2.07. The Balaban J connectivity index is 1.98. The number of halogens is 1. The van der Waals surface area contributed by atoms with Gasteiger partial charge in [0.1, 0.15) is 5.69 Å². The number of nitrogens with zero attached hydrogens (tertiary/aromatic N) is 2. The third kappa shape index (κ3) is 3.37. The van der Waals surface area contributed by atoms with Crippen LogP contribution in [0.2, 0.25) is 0 Å². The molecule has 0 saturated carbocycles. The van der Waals surface area contributed by atoms with Crippen molar-refractivity contribution in [3.63, 3.8) is 0 Å². The quantitative estimate of drug-likeness (QED) is 0.948. The molecule has 0 radical (unpaired) electrons. The minimum absolute atomic E-state index is 0.203. The first kappa shape index (κ1) is 12.7. The maximum absolute atomic E-state index is 11.8. The lowest BCUT2D eigenvalue weighted by Crippen LogP contribution is -2.24. The maximum atomic E-state index is 11.8. The Morgan fingerprint density at radius 1 is 1.33 bits per heavy atom. The van der Waals surface area contributed by atoms with Crippen molar-refractivity contribution >= 4 is 21.8 Å². The molecule has 4 nitrogen and oxygen atoms in total. The number of hydrogen-bond acceptors (Lipinski definition) is 3. The number of nitrogens with one attached hydrogen (secondary N) is 1. The molecule has 2 rings (SSSR count). The Labute approximate surface area is 114 Å². The van der Waals surface area contributed by atoms with Crippen LogP contribution in [0, 0.1) is 6.92 Å². The van der Waals surface area contributed by atoms with Gasteiger partial charge in [-0.15, -0.1) is 0 Å². The van der Waals surface area contributed by atoms with E-state index in [1.54, 1.807) is 18.3 Å². The van der Waals surface area contributed by atoms with E-state index >= 15 is 0 Å². The Bertz CT molecular complexity index is 554. The van der Waals surface area contributed by atoms with Gasteiger partial charge in [-0.2, -0.15) is 0 Å². The zero-order valence-electron chi connectivity index (χ0n) is 9.85. The number of aromatic nitrogens is 2. The summed E-state index contributed by atoms with van der Waals surface area (Å²) in [6.07, 6.45) is 1.60. The van der Waals surface area contributed by atoms with Crippen molar-refractivity contribution in [1.82, 2.24) is 15.3 Å². The van der Waals surface area contributed by atoms with Crippen molar-refractivity contribution < 1.29 is 4.79 Å². The Morgan fingerprint density at radius 2 is 2.17 bits per heavy atom. The summed E-state index contributed by atoms with van der Waals surface area (Å²) < 4.78 is 0.847. The Hall–Kier alpha value is -1.75. The van der Waals surface area contributed by atoms with Gasteiger partial charge in [-0.05, 0) is 47.1 Å². The summed E-state index contributed by atoms with van der Waals surface area (Å²) in [5, 5.41) is 2.78. The number of amides is 1. The summed E-state index contributed by atoms with van der Waals surface area (Å²) in [6, 6.07) is 9.17. The SMILES string of the molecule is Cc1cccc(CNC(=O)c2ccc(Br)cn2)n1. The lowest BCUT2D eigenvalue weighted by molar-refractivity contribution is 0.0945. The molecule has 2 aromatic rings. The van der Waals surface area contributed by atoms with Crippen molar-refractivity contribution in [3.05, 3.63) is 58.1 Å². The van der Waals surface area contributed by atoms with E-state index in [0.717, 1.165) is 15.9 Å². The predicted octanol–water partition coefficient (Wildman–Crippen LogP) is 2.48. The van der Waals surface area contributed by atoms with Gasteiger partial charge in [0.15, 0.2) is 0 Å². The number of carbonyl (C=O) groups excluding carboxylic acids is 1. The van der Waals surface area contributed by atoms with Crippen LogP contribution in [0.4, 0.5) is 0 Å². The molecule has 0 aliphatic rings. The number of aryl methyl sites for hydroxylation is 1. The number of hydrogen-bond donors (Lipinski definition) is 1. The molecule has 18 heavy (non-hydrogen) atoms. The first-order chi connectivity index (χ1) is 8.65. The van der Waals surface area contributed by atoms with Gasteiger partial charge >= 0.3 is 0 Å². The monoisotopic (exact) mass is 305 g/mol. The number of carbonyl (C=O) groups is 1. The van der Waals surface area contributed by atoms with Gasteiger partial charge in [-0.25, -0.2) is 4.98 Å². The molecule has 0 spiro atoms. The fourth-order valence-electron chi connectivity index (χ4n) is 1.47. The van der Waals surface area contributed by atoms with Crippen molar-refractivity contribution in [2.75, 3.05) is 0 Å². The van der Waals surface area contributed by atoms with Crippen LogP contribution in [0.15, 0.2) is 41.0 Å². The van der Waals surface area contributed by atoms with Crippen molar-refractivity contribution in [2.24, 2.45) is 0 Å².